The summed E-state index contributed by atoms with van der Waals surface area (Å²) in [5, 5.41) is 0. The second kappa shape index (κ2) is 5.00. The van der Waals surface area contributed by atoms with Crippen LogP contribution in [0.15, 0.2) is 42.5 Å². The molecule has 20 heavy (non-hydrogen) atoms. The molecule has 0 saturated carbocycles. The minimum Gasteiger partial charge on any atom is -0.398 e. The van der Waals surface area contributed by atoms with Crippen LogP contribution in [0.3, 0.4) is 0 Å². The minimum absolute atomic E-state index is 0.0150. The summed E-state index contributed by atoms with van der Waals surface area (Å²) in [6, 6.07) is 13.8. The van der Waals surface area contributed by atoms with Crippen LogP contribution in [0, 0.1) is 6.92 Å². The summed E-state index contributed by atoms with van der Waals surface area (Å²) in [5.41, 5.74) is 10.4. The first-order chi connectivity index (χ1) is 9.66. The number of hydrogen-bond acceptors (Lipinski definition) is 2. The number of anilines is 2. The maximum Gasteiger partial charge on any atom is 0.260 e. The van der Waals surface area contributed by atoms with Gasteiger partial charge in [0, 0.05) is 17.9 Å². The number of fused-ring (bicyclic) bond motifs is 1. The zero-order valence-corrected chi connectivity index (χ0v) is 11.6. The highest BCUT2D eigenvalue weighted by Gasteiger charge is 2.25. The van der Waals surface area contributed by atoms with Crippen molar-refractivity contribution in [2.24, 2.45) is 0 Å². The number of carbonyl (C=O) groups excluding carboxylic acids is 1. The van der Waals surface area contributed by atoms with Gasteiger partial charge in [0.1, 0.15) is 0 Å². The quantitative estimate of drug-likeness (QED) is 0.806. The fourth-order valence-corrected chi connectivity index (χ4v) is 2.80. The largest absolute Gasteiger partial charge is 0.398 e. The number of nitrogens with zero attached hydrogens (tertiary/aromatic N) is 1. The van der Waals surface area contributed by atoms with Gasteiger partial charge in [-0.2, -0.15) is 0 Å². The molecule has 102 valence electrons. The Morgan fingerprint density at radius 2 is 1.95 bits per heavy atom. The van der Waals surface area contributed by atoms with E-state index in [1.807, 2.05) is 48.2 Å². The third-order valence-electron chi connectivity index (χ3n) is 3.78. The Balaban J connectivity index is 2.07. The SMILES string of the molecule is Cc1cccc(N2CCCc3cccc(N)c3C2=O)c1. The second-order valence-electron chi connectivity index (χ2n) is 5.28. The molecule has 3 nitrogen and oxygen atoms in total. The molecule has 2 aromatic carbocycles. The lowest BCUT2D eigenvalue weighted by atomic mass is 10.0. The smallest absolute Gasteiger partial charge is 0.260 e. The third-order valence-corrected chi connectivity index (χ3v) is 3.78. The van der Waals surface area contributed by atoms with Crippen LogP contribution >= 0.6 is 0 Å². The summed E-state index contributed by atoms with van der Waals surface area (Å²) in [7, 11) is 0. The predicted molar refractivity (Wildman–Crippen MR) is 82.0 cm³/mol. The van der Waals surface area contributed by atoms with Gasteiger partial charge in [-0.25, -0.2) is 0 Å². The summed E-state index contributed by atoms with van der Waals surface area (Å²) in [6.45, 7) is 2.77. The van der Waals surface area contributed by atoms with E-state index in [4.69, 9.17) is 5.73 Å². The van der Waals surface area contributed by atoms with Crippen molar-refractivity contribution < 1.29 is 4.79 Å². The molecule has 0 aromatic heterocycles. The Bertz CT molecular complexity index is 664. The molecule has 0 fully saturated rings. The summed E-state index contributed by atoms with van der Waals surface area (Å²) in [6.07, 6.45) is 1.85. The van der Waals surface area contributed by atoms with Gasteiger partial charge >= 0.3 is 0 Å². The molecule has 1 aliphatic rings. The first-order valence-electron chi connectivity index (χ1n) is 6.93. The van der Waals surface area contributed by atoms with Gasteiger partial charge in [-0.3, -0.25) is 4.79 Å². The molecule has 0 atom stereocenters. The topological polar surface area (TPSA) is 46.3 Å². The Morgan fingerprint density at radius 1 is 1.15 bits per heavy atom. The number of carbonyl (C=O) groups is 1. The molecule has 0 unspecified atom stereocenters. The third kappa shape index (κ3) is 2.16. The van der Waals surface area contributed by atoms with Gasteiger partial charge in [-0.05, 0) is 49.1 Å². The molecule has 3 rings (SSSR count). The number of rotatable bonds is 1. The maximum atomic E-state index is 12.8. The average Bonchev–Trinajstić information content (AvgIpc) is 2.59. The molecule has 2 aromatic rings. The highest BCUT2D eigenvalue weighted by Crippen LogP contribution is 2.27. The predicted octanol–water partition coefficient (Wildman–Crippen LogP) is 3.17. The van der Waals surface area contributed by atoms with Crippen molar-refractivity contribution in [2.75, 3.05) is 17.2 Å². The van der Waals surface area contributed by atoms with Crippen molar-refractivity contribution in [1.82, 2.24) is 0 Å². The molecule has 1 aliphatic heterocycles. The van der Waals surface area contributed by atoms with Crippen molar-refractivity contribution in [3.8, 4) is 0 Å². The highest BCUT2D eigenvalue weighted by atomic mass is 16.2. The number of amides is 1. The van der Waals surface area contributed by atoms with E-state index >= 15 is 0 Å². The van der Waals surface area contributed by atoms with Crippen LogP contribution in [0.25, 0.3) is 0 Å². The van der Waals surface area contributed by atoms with Crippen LogP contribution in [-0.2, 0) is 6.42 Å². The Kier molecular flexibility index (Phi) is 3.18. The van der Waals surface area contributed by atoms with Crippen LogP contribution in [-0.4, -0.2) is 12.5 Å². The fraction of sp³-hybridized carbons (Fsp3) is 0.235. The van der Waals surface area contributed by atoms with E-state index in [9.17, 15) is 4.79 Å². The Hall–Kier alpha value is -2.29. The molecule has 1 heterocycles. The van der Waals surface area contributed by atoms with E-state index in [-0.39, 0.29) is 5.91 Å². The molecule has 3 heteroatoms. The number of nitrogens with two attached hydrogens (primary N) is 1. The first kappa shape index (κ1) is 12.7. The van der Waals surface area contributed by atoms with Gasteiger partial charge < -0.3 is 10.6 Å². The minimum atomic E-state index is 0.0150. The standard InChI is InChI=1S/C17H18N2O/c1-12-5-2-8-14(11-12)19-10-4-7-13-6-3-9-15(18)16(13)17(19)20/h2-3,5-6,8-9,11H,4,7,10,18H2,1H3. The van der Waals surface area contributed by atoms with Crippen molar-refractivity contribution in [3.63, 3.8) is 0 Å². The van der Waals surface area contributed by atoms with E-state index in [1.165, 1.54) is 0 Å². The number of hydrogen-bond donors (Lipinski definition) is 1. The van der Waals surface area contributed by atoms with Crippen molar-refractivity contribution in [1.29, 1.82) is 0 Å². The van der Waals surface area contributed by atoms with E-state index in [0.717, 1.165) is 36.2 Å². The molecule has 1 amide bonds. The van der Waals surface area contributed by atoms with Crippen LogP contribution < -0.4 is 10.6 Å². The average molecular weight is 266 g/mol. The highest BCUT2D eigenvalue weighted by molar-refractivity contribution is 6.10. The zero-order valence-electron chi connectivity index (χ0n) is 11.6. The van der Waals surface area contributed by atoms with Gasteiger partial charge in [0.05, 0.1) is 5.56 Å². The summed E-state index contributed by atoms with van der Waals surface area (Å²) < 4.78 is 0. The molecule has 0 aliphatic carbocycles. The Labute approximate surface area is 119 Å². The lowest BCUT2D eigenvalue weighted by Gasteiger charge is -2.22. The molecule has 0 spiro atoms. The number of benzene rings is 2. The summed E-state index contributed by atoms with van der Waals surface area (Å²) >= 11 is 0. The van der Waals surface area contributed by atoms with Crippen LogP contribution in [0.2, 0.25) is 0 Å². The number of nitrogen functional groups attached to an aromatic ring is 1. The van der Waals surface area contributed by atoms with Gasteiger partial charge in [-0.1, -0.05) is 24.3 Å². The summed E-state index contributed by atoms with van der Waals surface area (Å²) in [4.78, 5) is 14.7. The van der Waals surface area contributed by atoms with Crippen LogP contribution in [0.4, 0.5) is 11.4 Å². The second-order valence-corrected chi connectivity index (χ2v) is 5.28. The first-order valence-corrected chi connectivity index (χ1v) is 6.93. The molecule has 0 saturated heterocycles. The van der Waals surface area contributed by atoms with Crippen LogP contribution in [0.1, 0.15) is 27.9 Å². The van der Waals surface area contributed by atoms with Crippen molar-refractivity contribution >= 4 is 17.3 Å². The maximum absolute atomic E-state index is 12.8. The molecular formula is C17H18N2O. The summed E-state index contributed by atoms with van der Waals surface area (Å²) in [5.74, 6) is 0.0150. The van der Waals surface area contributed by atoms with Crippen molar-refractivity contribution in [2.45, 2.75) is 19.8 Å². The van der Waals surface area contributed by atoms with Crippen LogP contribution in [0.5, 0.6) is 0 Å². The van der Waals surface area contributed by atoms with E-state index in [0.29, 0.717) is 11.3 Å². The van der Waals surface area contributed by atoms with E-state index < -0.39 is 0 Å². The van der Waals surface area contributed by atoms with Gasteiger partial charge in [0.15, 0.2) is 0 Å². The lowest BCUT2D eigenvalue weighted by molar-refractivity contribution is 0.0989. The fourth-order valence-electron chi connectivity index (χ4n) is 2.80. The van der Waals surface area contributed by atoms with Gasteiger partial charge in [-0.15, -0.1) is 0 Å². The zero-order chi connectivity index (χ0) is 14.1. The lowest BCUT2D eigenvalue weighted by Crippen LogP contribution is -2.31. The normalized spacial score (nSPS) is 14.8. The van der Waals surface area contributed by atoms with E-state index in [2.05, 4.69) is 0 Å². The van der Waals surface area contributed by atoms with Gasteiger partial charge in [0.25, 0.3) is 5.91 Å². The monoisotopic (exact) mass is 266 g/mol. The molecule has 0 radical (unpaired) electrons. The van der Waals surface area contributed by atoms with Crippen molar-refractivity contribution in [3.05, 3.63) is 59.2 Å². The van der Waals surface area contributed by atoms with Gasteiger partial charge in [0.2, 0.25) is 0 Å². The molecular weight excluding hydrogens is 248 g/mol. The Morgan fingerprint density at radius 3 is 2.75 bits per heavy atom. The van der Waals surface area contributed by atoms with E-state index in [1.54, 1.807) is 6.07 Å². The molecule has 0 bridgehead atoms. The molecule has 2 N–H and O–H groups in total. The number of aryl methyl sites for hydroxylation is 2.